The maximum Gasteiger partial charge on any atom is 0.232 e. The van der Waals surface area contributed by atoms with Gasteiger partial charge in [-0.2, -0.15) is 0 Å². The molecule has 0 N–H and O–H groups in total. The molecule has 0 radical (unpaired) electrons. The van der Waals surface area contributed by atoms with E-state index in [0.29, 0.717) is 5.69 Å². The summed E-state index contributed by atoms with van der Waals surface area (Å²) in [5, 5.41) is 3.63. The Morgan fingerprint density at radius 2 is 2.00 bits per heavy atom. The van der Waals surface area contributed by atoms with Crippen LogP contribution in [0.2, 0.25) is 0 Å². The van der Waals surface area contributed by atoms with Gasteiger partial charge in [-0.15, -0.1) is 0 Å². The highest BCUT2D eigenvalue weighted by Gasteiger charge is 2.25. The third kappa shape index (κ3) is 1.72. The molecular formula is C7H9FINO. The molecule has 0 aliphatic carbocycles. The number of rotatable bonds is 0. The van der Waals surface area contributed by atoms with Gasteiger partial charge in [0, 0.05) is 28.0 Å². The number of hydrogen-bond donors (Lipinski definition) is 0. The lowest BCUT2D eigenvalue weighted by atomic mass is 9.92. The molecule has 1 heterocycles. The normalized spacial score (nSPS) is 12.1. The molecule has 0 aliphatic heterocycles. The molecule has 4 heteroatoms. The van der Waals surface area contributed by atoms with Gasteiger partial charge in [-0.1, -0.05) is 25.9 Å². The summed E-state index contributed by atoms with van der Waals surface area (Å²) in [4.78, 5) is 0. The van der Waals surface area contributed by atoms with Gasteiger partial charge in [0.15, 0.2) is 5.82 Å². The Morgan fingerprint density at radius 1 is 1.45 bits per heavy atom. The zero-order valence-electron chi connectivity index (χ0n) is 6.61. The predicted octanol–water partition coefficient (Wildman–Crippen LogP) is 2.72. The molecule has 0 aromatic carbocycles. The third-order valence-electron chi connectivity index (χ3n) is 1.31. The fourth-order valence-electron chi connectivity index (χ4n) is 0.725. The van der Waals surface area contributed by atoms with Crippen molar-refractivity contribution in [2.45, 2.75) is 26.2 Å². The van der Waals surface area contributed by atoms with Crippen molar-refractivity contribution in [3.63, 3.8) is 0 Å². The van der Waals surface area contributed by atoms with E-state index >= 15 is 0 Å². The van der Waals surface area contributed by atoms with Crippen LogP contribution in [0.25, 0.3) is 0 Å². The van der Waals surface area contributed by atoms with Crippen molar-refractivity contribution < 1.29 is 8.91 Å². The largest absolute Gasteiger partial charge is 0.347 e. The van der Waals surface area contributed by atoms with E-state index in [1.165, 1.54) is 0 Å². The Morgan fingerprint density at radius 3 is 2.18 bits per heavy atom. The van der Waals surface area contributed by atoms with Gasteiger partial charge in [-0.25, -0.2) is 4.39 Å². The molecule has 0 amide bonds. The minimum Gasteiger partial charge on any atom is -0.347 e. The van der Waals surface area contributed by atoms with E-state index in [1.807, 2.05) is 20.8 Å². The Bertz CT molecular complexity index is 264. The summed E-state index contributed by atoms with van der Waals surface area (Å²) < 4.78 is 18.0. The first-order valence-corrected chi connectivity index (χ1v) is 4.32. The van der Waals surface area contributed by atoms with Gasteiger partial charge >= 0.3 is 0 Å². The van der Waals surface area contributed by atoms with Crippen LogP contribution >= 0.6 is 22.6 Å². The van der Waals surface area contributed by atoms with Crippen molar-refractivity contribution in [2.24, 2.45) is 0 Å². The standard InChI is InChI=1S/C7H9FINO/c1-7(2,3)5-4(8)6(9)11-10-5/h1-3H3. The molecular weight excluding hydrogens is 260 g/mol. The second kappa shape index (κ2) is 2.73. The van der Waals surface area contributed by atoms with Crippen molar-refractivity contribution in [1.29, 1.82) is 0 Å². The van der Waals surface area contributed by atoms with Crippen LogP contribution in [0.1, 0.15) is 26.5 Å². The van der Waals surface area contributed by atoms with Gasteiger partial charge < -0.3 is 4.52 Å². The fourth-order valence-corrected chi connectivity index (χ4v) is 1.08. The first kappa shape index (κ1) is 8.96. The fraction of sp³-hybridized carbons (Fsp3) is 0.571. The summed E-state index contributed by atoms with van der Waals surface area (Å²) in [5.74, 6) is -0.335. The Balaban J connectivity index is 3.15. The van der Waals surface area contributed by atoms with Crippen LogP contribution < -0.4 is 0 Å². The quantitative estimate of drug-likeness (QED) is 0.677. The molecule has 1 aromatic heterocycles. The summed E-state index contributed by atoms with van der Waals surface area (Å²) >= 11 is 1.78. The van der Waals surface area contributed by atoms with Crippen LogP contribution in [0.5, 0.6) is 0 Å². The molecule has 0 unspecified atom stereocenters. The first-order valence-electron chi connectivity index (χ1n) is 3.24. The van der Waals surface area contributed by atoms with E-state index in [9.17, 15) is 4.39 Å². The lowest BCUT2D eigenvalue weighted by Crippen LogP contribution is -2.13. The topological polar surface area (TPSA) is 26.0 Å². The molecule has 1 aromatic rings. The SMILES string of the molecule is CC(C)(C)c1noc(I)c1F. The van der Waals surface area contributed by atoms with Gasteiger partial charge in [0.2, 0.25) is 3.77 Å². The molecule has 62 valence electrons. The molecule has 11 heavy (non-hydrogen) atoms. The number of hydrogen-bond acceptors (Lipinski definition) is 2. The van der Waals surface area contributed by atoms with Gasteiger partial charge in [-0.05, 0) is 0 Å². The first-order chi connectivity index (χ1) is 4.93. The van der Waals surface area contributed by atoms with E-state index in [2.05, 4.69) is 9.68 Å². The van der Waals surface area contributed by atoms with Crippen LogP contribution in [0.4, 0.5) is 4.39 Å². The predicted molar refractivity (Wildman–Crippen MR) is 47.9 cm³/mol. The van der Waals surface area contributed by atoms with Crippen LogP contribution in [-0.2, 0) is 5.41 Å². The van der Waals surface area contributed by atoms with Crippen molar-refractivity contribution in [2.75, 3.05) is 0 Å². The van der Waals surface area contributed by atoms with Crippen LogP contribution in [0.15, 0.2) is 4.52 Å². The molecule has 2 nitrogen and oxygen atoms in total. The molecule has 0 atom stereocenters. The summed E-state index contributed by atoms with van der Waals surface area (Å²) in [5.41, 5.74) is 0.110. The van der Waals surface area contributed by atoms with E-state index in [-0.39, 0.29) is 15.0 Å². The lowest BCUT2D eigenvalue weighted by Gasteiger charge is -2.12. The number of aromatic nitrogens is 1. The second-order valence-electron chi connectivity index (χ2n) is 3.37. The maximum absolute atomic E-state index is 13.1. The molecule has 1 rings (SSSR count). The molecule has 0 saturated carbocycles. The van der Waals surface area contributed by atoms with Gasteiger partial charge in [0.1, 0.15) is 5.69 Å². The highest BCUT2D eigenvalue weighted by atomic mass is 127. The minimum atomic E-state index is -0.335. The highest BCUT2D eigenvalue weighted by molar-refractivity contribution is 14.1. The van der Waals surface area contributed by atoms with E-state index in [0.717, 1.165) is 0 Å². The summed E-state index contributed by atoms with van der Waals surface area (Å²) in [7, 11) is 0. The van der Waals surface area contributed by atoms with Crippen LogP contribution in [0.3, 0.4) is 0 Å². The molecule has 0 saturated heterocycles. The lowest BCUT2D eigenvalue weighted by molar-refractivity contribution is 0.374. The van der Waals surface area contributed by atoms with Crippen molar-refractivity contribution in [3.8, 4) is 0 Å². The van der Waals surface area contributed by atoms with Crippen molar-refractivity contribution in [3.05, 3.63) is 15.3 Å². The molecule has 0 fully saturated rings. The number of halogens is 2. The highest BCUT2D eigenvalue weighted by Crippen LogP contribution is 2.26. The zero-order valence-corrected chi connectivity index (χ0v) is 8.77. The molecule has 0 bridgehead atoms. The molecule has 0 spiro atoms. The van der Waals surface area contributed by atoms with Gasteiger partial charge in [-0.3, -0.25) is 0 Å². The summed E-state index contributed by atoms with van der Waals surface area (Å²) in [6.45, 7) is 5.68. The number of nitrogens with zero attached hydrogens (tertiary/aromatic N) is 1. The van der Waals surface area contributed by atoms with E-state index in [1.54, 1.807) is 22.6 Å². The second-order valence-corrected chi connectivity index (χ2v) is 4.35. The third-order valence-corrected chi connectivity index (χ3v) is 1.98. The van der Waals surface area contributed by atoms with E-state index < -0.39 is 0 Å². The average Bonchev–Trinajstić information content (AvgIpc) is 2.11. The molecule has 0 aliphatic rings. The monoisotopic (exact) mass is 269 g/mol. The maximum atomic E-state index is 13.1. The van der Waals surface area contributed by atoms with Crippen LogP contribution in [-0.4, -0.2) is 5.16 Å². The van der Waals surface area contributed by atoms with E-state index in [4.69, 9.17) is 0 Å². The van der Waals surface area contributed by atoms with Crippen molar-refractivity contribution in [1.82, 2.24) is 5.16 Å². The minimum absolute atomic E-state index is 0.229. The smallest absolute Gasteiger partial charge is 0.232 e. The Labute approximate surface area is 78.3 Å². The Kier molecular flexibility index (Phi) is 2.22. The van der Waals surface area contributed by atoms with Gasteiger partial charge in [0.25, 0.3) is 0 Å². The summed E-state index contributed by atoms with van der Waals surface area (Å²) in [6.07, 6.45) is 0. The van der Waals surface area contributed by atoms with Gasteiger partial charge in [0.05, 0.1) is 0 Å². The van der Waals surface area contributed by atoms with Crippen LogP contribution in [0, 0.1) is 9.58 Å². The zero-order chi connectivity index (χ0) is 8.65. The average molecular weight is 269 g/mol. The summed E-state index contributed by atoms with van der Waals surface area (Å²) in [6, 6.07) is 0. The Hall–Kier alpha value is -0.130. The van der Waals surface area contributed by atoms with Crippen molar-refractivity contribution >= 4 is 22.6 Å².